The minimum Gasteiger partial charge on any atom is -0.493 e. The Kier molecular flexibility index (Phi) is 5.38. The van der Waals surface area contributed by atoms with Crippen molar-refractivity contribution in [2.75, 3.05) is 13.2 Å². The Morgan fingerprint density at radius 2 is 2.17 bits per heavy atom. The quantitative estimate of drug-likeness (QED) is 0.758. The Morgan fingerprint density at radius 1 is 1.44 bits per heavy atom. The number of halogens is 1. The van der Waals surface area contributed by atoms with Gasteiger partial charge in [-0.25, -0.2) is 9.18 Å². The molecule has 6 heteroatoms. The van der Waals surface area contributed by atoms with Crippen molar-refractivity contribution in [1.82, 2.24) is 0 Å². The molecule has 5 nitrogen and oxygen atoms in total. The number of amides is 1. The fourth-order valence-corrected chi connectivity index (χ4v) is 1.42. The van der Waals surface area contributed by atoms with Crippen LogP contribution in [-0.2, 0) is 4.74 Å². The summed E-state index contributed by atoms with van der Waals surface area (Å²) in [7, 11) is 0. The zero-order valence-electron chi connectivity index (χ0n) is 10.2. The number of hydrogen-bond acceptors (Lipinski definition) is 4. The number of nitrogens with two attached hydrogens (primary N) is 2. The molecule has 0 saturated heterocycles. The second-order valence-corrected chi connectivity index (χ2v) is 3.84. The molecule has 18 heavy (non-hydrogen) atoms. The number of hydrogen-bond donors (Lipinski definition) is 2. The molecule has 1 aromatic carbocycles. The molecule has 0 saturated carbocycles. The van der Waals surface area contributed by atoms with Crippen molar-refractivity contribution >= 4 is 6.09 Å². The first-order valence-corrected chi connectivity index (χ1v) is 5.60. The molecule has 1 atom stereocenters. The third-order valence-corrected chi connectivity index (χ3v) is 2.25. The van der Waals surface area contributed by atoms with Crippen LogP contribution in [0.4, 0.5) is 9.18 Å². The summed E-state index contributed by atoms with van der Waals surface area (Å²) in [5.41, 5.74) is 11.1. The smallest absolute Gasteiger partial charge is 0.404 e. The van der Waals surface area contributed by atoms with Crippen molar-refractivity contribution in [2.24, 2.45) is 11.5 Å². The third kappa shape index (κ3) is 4.58. The zero-order chi connectivity index (χ0) is 13.5. The monoisotopic (exact) mass is 256 g/mol. The Labute approximate surface area is 105 Å². The molecule has 1 rings (SSSR count). The Balaban J connectivity index is 2.49. The maximum atomic E-state index is 13.1. The summed E-state index contributed by atoms with van der Waals surface area (Å²) in [5.74, 6) is 0.178. The van der Waals surface area contributed by atoms with Crippen molar-refractivity contribution in [3.8, 4) is 5.75 Å². The molecule has 0 aromatic heterocycles. The van der Waals surface area contributed by atoms with Gasteiger partial charge in [-0.3, -0.25) is 0 Å². The van der Waals surface area contributed by atoms with Gasteiger partial charge in [0, 0.05) is 18.0 Å². The van der Waals surface area contributed by atoms with E-state index in [0.717, 1.165) is 0 Å². The number of carbonyl (C=O) groups is 1. The van der Waals surface area contributed by atoms with Crippen molar-refractivity contribution in [3.63, 3.8) is 0 Å². The molecule has 100 valence electrons. The van der Waals surface area contributed by atoms with E-state index in [2.05, 4.69) is 4.74 Å². The average molecular weight is 256 g/mol. The lowest BCUT2D eigenvalue weighted by molar-refractivity contribution is 0.147. The van der Waals surface area contributed by atoms with Crippen molar-refractivity contribution in [1.29, 1.82) is 0 Å². The molecule has 0 spiro atoms. The molecule has 0 aliphatic heterocycles. The minimum absolute atomic E-state index is 0.185. The van der Waals surface area contributed by atoms with Gasteiger partial charge in [0.2, 0.25) is 0 Å². The van der Waals surface area contributed by atoms with Crippen LogP contribution in [-0.4, -0.2) is 19.3 Å². The summed E-state index contributed by atoms with van der Waals surface area (Å²) in [5, 5.41) is 0. The second-order valence-electron chi connectivity index (χ2n) is 3.84. The topological polar surface area (TPSA) is 87.6 Å². The van der Waals surface area contributed by atoms with Gasteiger partial charge in [-0.15, -0.1) is 0 Å². The van der Waals surface area contributed by atoms with Gasteiger partial charge in [0.15, 0.2) is 0 Å². The van der Waals surface area contributed by atoms with E-state index < -0.39 is 6.09 Å². The molecular weight excluding hydrogens is 239 g/mol. The van der Waals surface area contributed by atoms with Crippen LogP contribution < -0.4 is 16.2 Å². The van der Waals surface area contributed by atoms with Crippen LogP contribution >= 0.6 is 0 Å². The van der Waals surface area contributed by atoms with E-state index in [-0.39, 0.29) is 18.5 Å². The van der Waals surface area contributed by atoms with E-state index >= 15 is 0 Å². The SMILES string of the molecule is CC(N)c1cc(F)ccc1OCCCOC(N)=O. The zero-order valence-corrected chi connectivity index (χ0v) is 10.2. The second kappa shape index (κ2) is 6.80. The lowest BCUT2D eigenvalue weighted by Gasteiger charge is -2.14. The van der Waals surface area contributed by atoms with Gasteiger partial charge in [0.05, 0.1) is 13.2 Å². The Hall–Kier alpha value is -1.82. The summed E-state index contributed by atoms with van der Waals surface area (Å²) in [6, 6.07) is 3.86. The highest BCUT2D eigenvalue weighted by Gasteiger charge is 2.09. The van der Waals surface area contributed by atoms with Gasteiger partial charge >= 0.3 is 6.09 Å². The molecule has 0 bridgehead atoms. The van der Waals surface area contributed by atoms with Gasteiger partial charge in [-0.2, -0.15) is 0 Å². The van der Waals surface area contributed by atoms with Crippen LogP contribution in [0.15, 0.2) is 18.2 Å². The maximum absolute atomic E-state index is 13.1. The van der Waals surface area contributed by atoms with Gasteiger partial charge in [0.25, 0.3) is 0 Å². The van der Waals surface area contributed by atoms with Gasteiger partial charge in [-0.05, 0) is 25.1 Å². The van der Waals surface area contributed by atoms with Gasteiger partial charge in [0.1, 0.15) is 11.6 Å². The molecule has 1 amide bonds. The lowest BCUT2D eigenvalue weighted by atomic mass is 10.1. The lowest BCUT2D eigenvalue weighted by Crippen LogP contribution is -2.15. The average Bonchev–Trinajstić information content (AvgIpc) is 2.29. The first-order valence-electron chi connectivity index (χ1n) is 5.60. The summed E-state index contributed by atoms with van der Waals surface area (Å²) in [4.78, 5) is 10.3. The highest BCUT2D eigenvalue weighted by molar-refractivity contribution is 5.64. The first kappa shape index (κ1) is 14.2. The number of carbonyl (C=O) groups excluding carboxylic acids is 1. The first-order chi connectivity index (χ1) is 8.50. The molecule has 4 N–H and O–H groups in total. The van der Waals surface area contributed by atoms with E-state index in [1.165, 1.54) is 18.2 Å². The summed E-state index contributed by atoms with van der Waals surface area (Å²) in [6.45, 7) is 2.26. The number of ether oxygens (including phenoxy) is 2. The fraction of sp³-hybridized carbons (Fsp3) is 0.417. The summed E-state index contributed by atoms with van der Waals surface area (Å²) < 4.78 is 23.1. The molecule has 0 radical (unpaired) electrons. The molecular formula is C12H17FN2O3. The number of benzene rings is 1. The standard InChI is InChI=1S/C12H17FN2O3/c1-8(14)10-7-9(13)3-4-11(10)17-5-2-6-18-12(15)16/h3-4,7-8H,2,5-6,14H2,1H3,(H2,15,16). The largest absolute Gasteiger partial charge is 0.493 e. The van der Waals surface area contributed by atoms with Crippen LogP contribution in [0.25, 0.3) is 0 Å². The van der Waals surface area contributed by atoms with Crippen LogP contribution in [0.2, 0.25) is 0 Å². The molecule has 1 unspecified atom stereocenters. The highest BCUT2D eigenvalue weighted by Crippen LogP contribution is 2.24. The van der Waals surface area contributed by atoms with Crippen LogP contribution in [0, 0.1) is 5.82 Å². The van der Waals surface area contributed by atoms with Gasteiger partial charge < -0.3 is 20.9 Å². The molecule has 0 aliphatic rings. The maximum Gasteiger partial charge on any atom is 0.404 e. The summed E-state index contributed by atoms with van der Waals surface area (Å²) in [6.07, 6.45) is -0.313. The fourth-order valence-electron chi connectivity index (χ4n) is 1.42. The summed E-state index contributed by atoms with van der Waals surface area (Å²) >= 11 is 0. The molecule has 1 aromatic rings. The Morgan fingerprint density at radius 3 is 2.78 bits per heavy atom. The Bertz CT molecular complexity index is 410. The van der Waals surface area contributed by atoms with E-state index in [0.29, 0.717) is 24.3 Å². The predicted octanol–water partition coefficient (Wildman–Crippen LogP) is 1.71. The number of primary amides is 1. The third-order valence-electron chi connectivity index (χ3n) is 2.25. The van der Waals surface area contributed by atoms with Crippen molar-refractivity contribution in [3.05, 3.63) is 29.6 Å². The van der Waals surface area contributed by atoms with Crippen molar-refractivity contribution < 1.29 is 18.7 Å². The minimum atomic E-state index is -0.812. The van der Waals surface area contributed by atoms with Crippen LogP contribution in [0.1, 0.15) is 24.9 Å². The number of rotatable bonds is 6. The van der Waals surface area contributed by atoms with Crippen LogP contribution in [0.3, 0.4) is 0 Å². The van der Waals surface area contributed by atoms with Gasteiger partial charge in [-0.1, -0.05) is 0 Å². The van der Waals surface area contributed by atoms with E-state index in [9.17, 15) is 9.18 Å². The van der Waals surface area contributed by atoms with E-state index in [1.807, 2.05) is 0 Å². The van der Waals surface area contributed by atoms with E-state index in [4.69, 9.17) is 16.2 Å². The molecule has 0 aliphatic carbocycles. The normalized spacial score (nSPS) is 11.9. The van der Waals surface area contributed by atoms with Crippen LogP contribution in [0.5, 0.6) is 5.75 Å². The predicted molar refractivity (Wildman–Crippen MR) is 64.6 cm³/mol. The molecule has 0 heterocycles. The molecule has 0 fully saturated rings. The van der Waals surface area contributed by atoms with E-state index in [1.54, 1.807) is 6.92 Å². The highest BCUT2D eigenvalue weighted by atomic mass is 19.1. The van der Waals surface area contributed by atoms with Crippen molar-refractivity contribution in [2.45, 2.75) is 19.4 Å².